The first kappa shape index (κ1) is 17.4. The summed E-state index contributed by atoms with van der Waals surface area (Å²) in [6.07, 6.45) is 2.15. The fourth-order valence-corrected chi connectivity index (χ4v) is 2.98. The van der Waals surface area contributed by atoms with Crippen LogP contribution in [0, 0.1) is 0 Å². The minimum atomic E-state index is 0.264. The van der Waals surface area contributed by atoms with Gasteiger partial charge in [-0.05, 0) is 12.8 Å². The Morgan fingerprint density at radius 1 is 1.20 bits per heavy atom. The predicted molar refractivity (Wildman–Crippen MR) is 96.8 cm³/mol. The Kier molecular flexibility index (Phi) is 5.31. The van der Waals surface area contributed by atoms with E-state index in [4.69, 9.17) is 14.0 Å². The Labute approximate surface area is 148 Å². The molecule has 7 heteroatoms. The number of benzene rings is 1. The maximum absolute atomic E-state index is 5.43. The van der Waals surface area contributed by atoms with Gasteiger partial charge in [-0.2, -0.15) is 4.98 Å². The van der Waals surface area contributed by atoms with E-state index in [2.05, 4.69) is 34.2 Å². The molecule has 1 aromatic heterocycles. The lowest BCUT2D eigenvalue weighted by Gasteiger charge is -2.32. The van der Waals surface area contributed by atoms with Crippen LogP contribution in [0.4, 0.5) is 11.7 Å². The molecule has 1 saturated heterocycles. The van der Waals surface area contributed by atoms with E-state index in [9.17, 15) is 0 Å². The van der Waals surface area contributed by atoms with E-state index in [1.807, 2.05) is 18.2 Å². The fourth-order valence-electron chi connectivity index (χ4n) is 2.98. The van der Waals surface area contributed by atoms with E-state index >= 15 is 0 Å². The van der Waals surface area contributed by atoms with Gasteiger partial charge >= 0.3 is 6.01 Å². The van der Waals surface area contributed by atoms with Gasteiger partial charge in [-0.3, -0.25) is 0 Å². The third kappa shape index (κ3) is 4.15. The number of aromatic nitrogens is 2. The van der Waals surface area contributed by atoms with Gasteiger partial charge in [0.1, 0.15) is 11.5 Å². The van der Waals surface area contributed by atoms with Crippen molar-refractivity contribution in [3.8, 4) is 11.5 Å². The van der Waals surface area contributed by atoms with E-state index in [1.165, 1.54) is 0 Å². The summed E-state index contributed by atoms with van der Waals surface area (Å²) in [5.74, 6) is 2.56. The van der Waals surface area contributed by atoms with Crippen LogP contribution in [0.2, 0.25) is 0 Å². The SMILES string of the molecule is COc1cc(NC2CCCN(c3nc(C(C)C)no3)C2)cc(OC)c1. The minimum absolute atomic E-state index is 0.264. The quantitative estimate of drug-likeness (QED) is 0.860. The second kappa shape index (κ2) is 7.63. The standard InChI is InChI=1S/C18H26N4O3/c1-12(2)17-20-18(25-21-17)22-7-5-6-13(11-22)19-14-8-15(23-3)10-16(9-14)24-4/h8-10,12-13,19H,5-7,11H2,1-4H3. The smallest absolute Gasteiger partial charge is 0.324 e. The summed E-state index contributed by atoms with van der Waals surface area (Å²) in [5, 5.41) is 7.63. The number of hydrogen-bond donors (Lipinski definition) is 1. The molecule has 1 aliphatic heterocycles. The van der Waals surface area contributed by atoms with Crippen LogP contribution >= 0.6 is 0 Å². The van der Waals surface area contributed by atoms with Crippen molar-refractivity contribution < 1.29 is 14.0 Å². The van der Waals surface area contributed by atoms with Crippen molar-refractivity contribution in [3.05, 3.63) is 24.0 Å². The van der Waals surface area contributed by atoms with Crippen molar-refractivity contribution in [1.82, 2.24) is 10.1 Å². The highest BCUT2D eigenvalue weighted by Crippen LogP contribution is 2.28. The molecule has 0 spiro atoms. The van der Waals surface area contributed by atoms with Crippen LogP contribution in [0.25, 0.3) is 0 Å². The molecule has 136 valence electrons. The van der Waals surface area contributed by atoms with Crippen LogP contribution in [0.3, 0.4) is 0 Å². The van der Waals surface area contributed by atoms with Gasteiger partial charge in [0.05, 0.1) is 14.2 Å². The zero-order valence-electron chi connectivity index (χ0n) is 15.3. The summed E-state index contributed by atoms with van der Waals surface area (Å²) < 4.78 is 16.1. The molecule has 0 bridgehead atoms. The molecule has 7 nitrogen and oxygen atoms in total. The molecule has 1 atom stereocenters. The van der Waals surface area contributed by atoms with Crippen LogP contribution in [0.15, 0.2) is 22.7 Å². The summed E-state index contributed by atoms with van der Waals surface area (Å²) >= 11 is 0. The molecule has 0 saturated carbocycles. The van der Waals surface area contributed by atoms with Crippen molar-refractivity contribution in [2.24, 2.45) is 0 Å². The minimum Gasteiger partial charge on any atom is -0.497 e. The fraction of sp³-hybridized carbons (Fsp3) is 0.556. The molecular weight excluding hydrogens is 320 g/mol. The molecule has 1 aromatic carbocycles. The summed E-state index contributed by atoms with van der Waals surface area (Å²) in [6.45, 7) is 5.87. The Bertz CT molecular complexity index is 679. The van der Waals surface area contributed by atoms with Gasteiger partial charge in [0, 0.05) is 48.9 Å². The van der Waals surface area contributed by atoms with E-state index < -0.39 is 0 Å². The van der Waals surface area contributed by atoms with Gasteiger partial charge in [0.25, 0.3) is 0 Å². The van der Waals surface area contributed by atoms with Gasteiger partial charge in [-0.1, -0.05) is 19.0 Å². The number of ether oxygens (including phenoxy) is 2. The Morgan fingerprint density at radius 2 is 1.92 bits per heavy atom. The average Bonchev–Trinajstić information content (AvgIpc) is 3.12. The van der Waals surface area contributed by atoms with Crippen LogP contribution in [0.5, 0.6) is 11.5 Å². The number of nitrogens with zero attached hydrogens (tertiary/aromatic N) is 3. The van der Waals surface area contributed by atoms with Gasteiger partial charge in [-0.25, -0.2) is 0 Å². The second-order valence-corrected chi connectivity index (χ2v) is 6.62. The van der Waals surface area contributed by atoms with Crippen molar-refractivity contribution in [1.29, 1.82) is 0 Å². The Balaban J connectivity index is 1.69. The molecular formula is C18H26N4O3. The van der Waals surface area contributed by atoms with Gasteiger partial charge in [0.2, 0.25) is 0 Å². The zero-order chi connectivity index (χ0) is 17.8. The monoisotopic (exact) mass is 346 g/mol. The molecule has 25 heavy (non-hydrogen) atoms. The van der Waals surface area contributed by atoms with Crippen LogP contribution in [-0.2, 0) is 0 Å². The highest BCUT2D eigenvalue weighted by atomic mass is 16.5. The summed E-state index contributed by atoms with van der Waals surface area (Å²) in [4.78, 5) is 6.66. The largest absolute Gasteiger partial charge is 0.497 e. The number of hydrogen-bond acceptors (Lipinski definition) is 7. The highest BCUT2D eigenvalue weighted by Gasteiger charge is 2.24. The number of methoxy groups -OCH3 is 2. The van der Waals surface area contributed by atoms with Gasteiger partial charge < -0.3 is 24.2 Å². The lowest BCUT2D eigenvalue weighted by molar-refractivity contribution is 0.389. The van der Waals surface area contributed by atoms with E-state index in [1.54, 1.807) is 14.2 Å². The molecule has 2 aromatic rings. The third-order valence-corrected chi connectivity index (χ3v) is 4.36. The number of nitrogens with one attached hydrogen (secondary N) is 1. The molecule has 1 aliphatic rings. The first-order valence-corrected chi connectivity index (χ1v) is 8.67. The summed E-state index contributed by atoms with van der Waals surface area (Å²) in [5.41, 5.74) is 0.983. The molecule has 3 rings (SSSR count). The second-order valence-electron chi connectivity index (χ2n) is 6.62. The number of anilines is 2. The normalized spacial score (nSPS) is 17.6. The molecule has 1 unspecified atom stereocenters. The summed E-state index contributed by atoms with van der Waals surface area (Å²) in [7, 11) is 3.31. The molecule has 1 fully saturated rings. The molecule has 0 radical (unpaired) electrons. The maximum atomic E-state index is 5.43. The van der Waals surface area contributed by atoms with Crippen molar-refractivity contribution >= 4 is 11.7 Å². The van der Waals surface area contributed by atoms with Crippen LogP contribution in [-0.4, -0.2) is 43.5 Å². The lowest BCUT2D eigenvalue weighted by atomic mass is 10.1. The summed E-state index contributed by atoms with van der Waals surface area (Å²) in [6, 6.07) is 6.72. The Morgan fingerprint density at radius 3 is 2.52 bits per heavy atom. The molecule has 0 aliphatic carbocycles. The van der Waals surface area contributed by atoms with Crippen LogP contribution in [0.1, 0.15) is 38.4 Å². The Hall–Kier alpha value is -2.44. The number of piperidine rings is 1. The first-order chi connectivity index (χ1) is 12.1. The predicted octanol–water partition coefficient (Wildman–Crippen LogP) is 3.29. The van der Waals surface area contributed by atoms with Crippen molar-refractivity contribution in [2.75, 3.05) is 37.5 Å². The molecule has 2 heterocycles. The lowest BCUT2D eigenvalue weighted by Crippen LogP contribution is -2.42. The number of rotatable bonds is 6. The molecule has 1 N–H and O–H groups in total. The van der Waals surface area contributed by atoms with E-state index in [-0.39, 0.29) is 5.92 Å². The topological polar surface area (TPSA) is 72.7 Å². The molecule has 0 amide bonds. The van der Waals surface area contributed by atoms with Gasteiger partial charge in [0.15, 0.2) is 5.82 Å². The van der Waals surface area contributed by atoms with Gasteiger partial charge in [-0.15, -0.1) is 0 Å². The van der Waals surface area contributed by atoms with Crippen molar-refractivity contribution in [2.45, 2.75) is 38.6 Å². The van der Waals surface area contributed by atoms with E-state index in [0.29, 0.717) is 12.1 Å². The van der Waals surface area contributed by atoms with Crippen molar-refractivity contribution in [3.63, 3.8) is 0 Å². The average molecular weight is 346 g/mol. The van der Waals surface area contributed by atoms with Crippen LogP contribution < -0.4 is 19.7 Å². The van der Waals surface area contributed by atoms with E-state index in [0.717, 1.165) is 48.9 Å². The zero-order valence-corrected chi connectivity index (χ0v) is 15.3. The highest BCUT2D eigenvalue weighted by molar-refractivity contribution is 5.54. The third-order valence-electron chi connectivity index (χ3n) is 4.36. The maximum Gasteiger partial charge on any atom is 0.324 e. The first-order valence-electron chi connectivity index (χ1n) is 8.67.